The topological polar surface area (TPSA) is 32.3 Å². The van der Waals surface area contributed by atoms with Gasteiger partial charge in [-0.2, -0.15) is 0 Å². The highest BCUT2D eigenvalue weighted by atomic mass is 35.5. The Kier molecular flexibility index (Phi) is 6.48. The quantitative estimate of drug-likeness (QED) is 0.445. The fourth-order valence-electron chi connectivity index (χ4n) is 0.500. The van der Waals surface area contributed by atoms with E-state index in [-0.39, 0.29) is 0 Å². The van der Waals surface area contributed by atoms with Crippen molar-refractivity contribution in [1.82, 2.24) is 5.32 Å². The van der Waals surface area contributed by atoms with Crippen molar-refractivity contribution >= 4 is 11.6 Å². The van der Waals surface area contributed by atoms with Crippen molar-refractivity contribution in [3.63, 3.8) is 0 Å². The predicted octanol–water partition coefficient (Wildman–Crippen LogP) is 0.586. The Morgan fingerprint density at radius 3 is 2.78 bits per heavy atom. The lowest BCUT2D eigenvalue weighted by Gasteiger charge is -2.06. The summed E-state index contributed by atoms with van der Waals surface area (Å²) in [5, 5.41) is 11.9. The highest BCUT2D eigenvalue weighted by Crippen LogP contribution is 1.84. The smallest absolute Gasteiger partial charge is 0.0799 e. The molecule has 3 heteroatoms. The van der Waals surface area contributed by atoms with Gasteiger partial charge in [0.25, 0.3) is 0 Å². The van der Waals surface area contributed by atoms with Crippen molar-refractivity contribution in [3.8, 4) is 0 Å². The predicted molar refractivity (Wildman–Crippen MR) is 39.9 cm³/mol. The second-order valence-electron chi connectivity index (χ2n) is 2.01. The number of nitrogens with one attached hydrogen (secondary N) is 1. The van der Waals surface area contributed by atoms with Crippen LogP contribution in [0.3, 0.4) is 0 Å². The van der Waals surface area contributed by atoms with E-state index in [1.54, 1.807) is 0 Å². The maximum atomic E-state index is 8.89. The first-order chi connectivity index (χ1) is 4.31. The minimum absolute atomic E-state index is 0.316. The first kappa shape index (κ1) is 9.21. The Morgan fingerprint density at radius 2 is 2.33 bits per heavy atom. The molecule has 0 aliphatic heterocycles. The maximum absolute atomic E-state index is 8.89. The third-order valence-electron chi connectivity index (χ3n) is 0.985. The summed E-state index contributed by atoms with van der Waals surface area (Å²) >= 11 is 5.34. The van der Waals surface area contributed by atoms with Crippen molar-refractivity contribution in [2.75, 3.05) is 19.0 Å². The molecule has 9 heavy (non-hydrogen) atoms. The number of alkyl halides is 1. The molecule has 0 bridgehead atoms. The van der Waals surface area contributed by atoms with Gasteiger partial charge in [-0.15, -0.1) is 11.6 Å². The van der Waals surface area contributed by atoms with E-state index in [0.717, 1.165) is 13.0 Å². The van der Waals surface area contributed by atoms with Crippen molar-refractivity contribution in [3.05, 3.63) is 0 Å². The fraction of sp³-hybridized carbons (Fsp3) is 1.00. The molecule has 0 radical (unpaired) electrons. The van der Waals surface area contributed by atoms with Crippen LogP contribution in [0.25, 0.3) is 0 Å². The zero-order valence-electron chi connectivity index (χ0n) is 5.73. The lowest BCUT2D eigenvalue weighted by atomic mass is 10.4. The third kappa shape index (κ3) is 6.09. The molecule has 56 valence electrons. The van der Waals surface area contributed by atoms with Crippen LogP contribution in [0.5, 0.6) is 0 Å². The summed E-state index contributed by atoms with van der Waals surface area (Å²) in [5.41, 5.74) is 0. The number of hydrogen-bond acceptors (Lipinski definition) is 2. The fourth-order valence-corrected chi connectivity index (χ4v) is 0.609. The molecule has 0 fully saturated rings. The first-order valence-corrected chi connectivity index (χ1v) is 3.79. The minimum atomic E-state index is -0.391. The van der Waals surface area contributed by atoms with Gasteiger partial charge in [0.15, 0.2) is 0 Å². The third-order valence-corrected chi connectivity index (χ3v) is 1.34. The van der Waals surface area contributed by atoms with Gasteiger partial charge in [-0.3, -0.25) is 0 Å². The lowest BCUT2D eigenvalue weighted by molar-refractivity contribution is 0.195. The van der Waals surface area contributed by atoms with Gasteiger partial charge in [-0.05, 0) is 13.0 Å². The second-order valence-corrected chi connectivity index (χ2v) is 2.32. The molecule has 0 heterocycles. The Hall–Kier alpha value is 0.210. The Labute approximate surface area is 61.2 Å². The van der Waals surface area contributed by atoms with Crippen molar-refractivity contribution < 1.29 is 5.11 Å². The molecule has 0 aliphatic rings. The van der Waals surface area contributed by atoms with E-state index < -0.39 is 6.10 Å². The number of aliphatic hydroxyl groups excluding tert-OH is 1. The van der Waals surface area contributed by atoms with Crippen LogP contribution in [-0.4, -0.2) is 30.2 Å². The number of aliphatic hydroxyl groups is 1. The normalized spacial score (nSPS) is 13.7. The van der Waals surface area contributed by atoms with E-state index in [9.17, 15) is 0 Å². The minimum Gasteiger partial charge on any atom is -0.391 e. The van der Waals surface area contributed by atoms with Gasteiger partial charge in [-0.25, -0.2) is 0 Å². The van der Waals surface area contributed by atoms with E-state index in [1.165, 1.54) is 0 Å². The summed E-state index contributed by atoms with van der Waals surface area (Å²) in [6, 6.07) is 0. The molecule has 0 aliphatic carbocycles. The average Bonchev–Trinajstić information content (AvgIpc) is 1.89. The van der Waals surface area contributed by atoms with Crippen LogP contribution in [0, 0.1) is 0 Å². The van der Waals surface area contributed by atoms with E-state index in [0.29, 0.717) is 12.4 Å². The van der Waals surface area contributed by atoms with Crippen LogP contribution < -0.4 is 5.32 Å². The van der Waals surface area contributed by atoms with Crippen molar-refractivity contribution in [1.29, 1.82) is 0 Å². The van der Waals surface area contributed by atoms with Gasteiger partial charge < -0.3 is 10.4 Å². The van der Waals surface area contributed by atoms with Gasteiger partial charge in [0.05, 0.1) is 6.10 Å². The summed E-state index contributed by atoms with van der Waals surface area (Å²) < 4.78 is 0. The monoisotopic (exact) mass is 151 g/mol. The summed E-state index contributed by atoms with van der Waals surface area (Å²) in [6.07, 6.45) is 0.702. The van der Waals surface area contributed by atoms with Crippen LogP contribution >= 0.6 is 11.6 Å². The standard InChI is InChI=1S/C6H14ClNO/c1-2-3-8-5-6(9)4-7/h6,8-9H,2-5H2,1H3. The Morgan fingerprint density at radius 1 is 1.67 bits per heavy atom. The number of rotatable bonds is 5. The molecule has 2 nitrogen and oxygen atoms in total. The molecule has 1 atom stereocenters. The SMILES string of the molecule is CCCNCC(O)CCl. The molecule has 1 unspecified atom stereocenters. The summed E-state index contributed by atoms with van der Waals surface area (Å²) in [5.74, 6) is 0.316. The van der Waals surface area contributed by atoms with Crippen LogP contribution in [-0.2, 0) is 0 Å². The van der Waals surface area contributed by atoms with E-state index in [2.05, 4.69) is 12.2 Å². The molecular formula is C6H14ClNO. The van der Waals surface area contributed by atoms with Crippen LogP contribution in [0.4, 0.5) is 0 Å². The molecule has 0 rings (SSSR count). The molecule has 0 aromatic carbocycles. The average molecular weight is 152 g/mol. The lowest BCUT2D eigenvalue weighted by Crippen LogP contribution is -2.28. The van der Waals surface area contributed by atoms with Gasteiger partial charge in [0, 0.05) is 12.4 Å². The summed E-state index contributed by atoms with van der Waals surface area (Å²) in [6.45, 7) is 3.64. The molecule has 0 aromatic rings. The Bertz CT molecular complexity index is 61.0. The zero-order valence-corrected chi connectivity index (χ0v) is 6.49. The molecule has 0 saturated heterocycles. The van der Waals surface area contributed by atoms with E-state index >= 15 is 0 Å². The van der Waals surface area contributed by atoms with Gasteiger partial charge in [0.2, 0.25) is 0 Å². The molecule has 0 amide bonds. The molecular weight excluding hydrogens is 138 g/mol. The van der Waals surface area contributed by atoms with Crippen molar-refractivity contribution in [2.24, 2.45) is 0 Å². The van der Waals surface area contributed by atoms with Gasteiger partial charge >= 0.3 is 0 Å². The van der Waals surface area contributed by atoms with E-state index in [4.69, 9.17) is 16.7 Å². The Balaban J connectivity index is 2.88. The maximum Gasteiger partial charge on any atom is 0.0799 e. The van der Waals surface area contributed by atoms with E-state index in [1.807, 2.05) is 0 Å². The van der Waals surface area contributed by atoms with Crippen LogP contribution in [0.1, 0.15) is 13.3 Å². The second kappa shape index (κ2) is 6.33. The molecule has 2 N–H and O–H groups in total. The van der Waals surface area contributed by atoms with Crippen LogP contribution in [0.2, 0.25) is 0 Å². The van der Waals surface area contributed by atoms with Gasteiger partial charge in [-0.1, -0.05) is 6.92 Å². The van der Waals surface area contributed by atoms with Gasteiger partial charge in [0.1, 0.15) is 0 Å². The summed E-state index contributed by atoms with van der Waals surface area (Å²) in [4.78, 5) is 0. The summed E-state index contributed by atoms with van der Waals surface area (Å²) in [7, 11) is 0. The number of hydrogen-bond donors (Lipinski definition) is 2. The zero-order chi connectivity index (χ0) is 7.11. The first-order valence-electron chi connectivity index (χ1n) is 3.26. The molecule has 0 spiro atoms. The largest absolute Gasteiger partial charge is 0.391 e. The van der Waals surface area contributed by atoms with Crippen LogP contribution in [0.15, 0.2) is 0 Å². The highest BCUT2D eigenvalue weighted by molar-refractivity contribution is 6.18. The molecule has 0 aromatic heterocycles. The highest BCUT2D eigenvalue weighted by Gasteiger charge is 1.97. The van der Waals surface area contributed by atoms with Crippen molar-refractivity contribution in [2.45, 2.75) is 19.4 Å². The molecule has 0 saturated carbocycles. The number of halogens is 1.